The van der Waals surface area contributed by atoms with E-state index in [-0.39, 0.29) is 12.5 Å². The molecule has 3 amide bonds. The van der Waals surface area contributed by atoms with Crippen LogP contribution in [-0.4, -0.2) is 45.6 Å². The third-order valence-corrected chi connectivity index (χ3v) is 5.81. The SMILES string of the molecule is CC1(C)NC(=O)N(C/C(CSc2ccc(-c3cccc(CC#N)c3)cc2)=N\O)C1=O. The highest BCUT2D eigenvalue weighted by Crippen LogP contribution is 2.25. The number of carbonyl (C=O) groups is 2. The third kappa shape index (κ3) is 4.81. The normalized spacial score (nSPS) is 15.8. The molecule has 3 rings (SSSR count). The van der Waals surface area contributed by atoms with Gasteiger partial charge in [0.25, 0.3) is 5.91 Å². The van der Waals surface area contributed by atoms with Crippen LogP contribution in [0, 0.1) is 11.3 Å². The topological polar surface area (TPSA) is 106 Å². The fourth-order valence-electron chi connectivity index (χ4n) is 3.11. The predicted molar refractivity (Wildman–Crippen MR) is 115 cm³/mol. The molecule has 0 aromatic heterocycles. The van der Waals surface area contributed by atoms with E-state index in [1.807, 2.05) is 48.5 Å². The smallest absolute Gasteiger partial charge is 0.325 e. The van der Waals surface area contributed by atoms with Crippen LogP contribution < -0.4 is 5.32 Å². The predicted octanol–water partition coefficient (Wildman–Crippen LogP) is 3.67. The summed E-state index contributed by atoms with van der Waals surface area (Å²) in [5, 5.41) is 24.1. The minimum atomic E-state index is -0.953. The number of hydrogen-bond donors (Lipinski definition) is 2. The van der Waals surface area contributed by atoms with Gasteiger partial charge in [0, 0.05) is 10.6 Å². The molecule has 0 radical (unpaired) electrons. The Labute approximate surface area is 179 Å². The first kappa shape index (κ1) is 21.4. The van der Waals surface area contributed by atoms with Gasteiger partial charge in [0.05, 0.1) is 24.7 Å². The van der Waals surface area contributed by atoms with Gasteiger partial charge in [-0.3, -0.25) is 9.69 Å². The van der Waals surface area contributed by atoms with E-state index in [0.717, 1.165) is 26.5 Å². The number of oxime groups is 1. The number of nitrogens with one attached hydrogen (secondary N) is 1. The van der Waals surface area contributed by atoms with Crippen molar-refractivity contribution in [1.29, 1.82) is 5.26 Å². The number of nitriles is 1. The van der Waals surface area contributed by atoms with Crippen LogP contribution in [-0.2, 0) is 11.2 Å². The molecular formula is C22H22N4O3S. The summed E-state index contributed by atoms with van der Waals surface area (Å²) >= 11 is 1.45. The number of thioether (sulfide) groups is 1. The van der Waals surface area contributed by atoms with Gasteiger partial charge in [0.2, 0.25) is 0 Å². The summed E-state index contributed by atoms with van der Waals surface area (Å²) in [5.41, 5.74) is 2.43. The molecule has 0 unspecified atom stereocenters. The van der Waals surface area contributed by atoms with E-state index in [0.29, 0.717) is 17.9 Å². The van der Waals surface area contributed by atoms with E-state index in [1.54, 1.807) is 13.8 Å². The number of rotatable bonds is 7. The Hall–Kier alpha value is -3.31. The minimum Gasteiger partial charge on any atom is -0.411 e. The Morgan fingerprint density at radius 3 is 2.53 bits per heavy atom. The van der Waals surface area contributed by atoms with Crippen molar-refractivity contribution in [3.05, 3.63) is 54.1 Å². The molecule has 30 heavy (non-hydrogen) atoms. The van der Waals surface area contributed by atoms with Crippen LogP contribution in [0.15, 0.2) is 58.6 Å². The lowest BCUT2D eigenvalue weighted by Crippen LogP contribution is -2.41. The summed E-state index contributed by atoms with van der Waals surface area (Å²) in [7, 11) is 0. The molecule has 2 N–H and O–H groups in total. The van der Waals surface area contributed by atoms with Gasteiger partial charge in [0.1, 0.15) is 5.54 Å². The second-order valence-electron chi connectivity index (χ2n) is 7.46. The highest BCUT2D eigenvalue weighted by molar-refractivity contribution is 8.00. The van der Waals surface area contributed by atoms with Crippen LogP contribution in [0.3, 0.4) is 0 Å². The average molecular weight is 423 g/mol. The van der Waals surface area contributed by atoms with Gasteiger partial charge in [-0.05, 0) is 42.7 Å². The molecule has 2 aromatic rings. The molecule has 1 fully saturated rings. The molecular weight excluding hydrogens is 400 g/mol. The van der Waals surface area contributed by atoms with Crippen molar-refractivity contribution in [2.24, 2.45) is 5.16 Å². The van der Waals surface area contributed by atoms with Gasteiger partial charge in [-0.15, -0.1) is 11.8 Å². The molecule has 1 aliphatic heterocycles. The molecule has 7 nitrogen and oxygen atoms in total. The van der Waals surface area contributed by atoms with Gasteiger partial charge in [0.15, 0.2) is 0 Å². The molecule has 0 aliphatic carbocycles. The Bertz CT molecular complexity index is 1030. The number of amides is 3. The largest absolute Gasteiger partial charge is 0.411 e. The summed E-state index contributed by atoms with van der Waals surface area (Å²) in [5.74, 6) is -0.00743. The second kappa shape index (κ2) is 9.01. The Morgan fingerprint density at radius 2 is 1.93 bits per heavy atom. The van der Waals surface area contributed by atoms with Gasteiger partial charge >= 0.3 is 6.03 Å². The van der Waals surface area contributed by atoms with Gasteiger partial charge in [-0.25, -0.2) is 4.79 Å². The number of benzene rings is 2. The van der Waals surface area contributed by atoms with Crippen molar-refractivity contribution in [3.8, 4) is 17.2 Å². The van der Waals surface area contributed by atoms with Crippen LogP contribution >= 0.6 is 11.8 Å². The first-order valence-electron chi connectivity index (χ1n) is 9.37. The van der Waals surface area contributed by atoms with E-state index >= 15 is 0 Å². The number of imide groups is 1. The molecule has 154 valence electrons. The zero-order chi connectivity index (χ0) is 21.7. The number of carbonyl (C=O) groups excluding carboxylic acids is 2. The molecule has 0 bridgehead atoms. The summed E-state index contributed by atoms with van der Waals surface area (Å²) in [6.07, 6.45) is 0.375. The zero-order valence-corrected chi connectivity index (χ0v) is 17.6. The van der Waals surface area contributed by atoms with Gasteiger partial charge < -0.3 is 10.5 Å². The van der Waals surface area contributed by atoms with Crippen molar-refractivity contribution in [1.82, 2.24) is 10.2 Å². The molecule has 0 atom stereocenters. The minimum absolute atomic E-state index is 0.0542. The number of urea groups is 1. The third-order valence-electron chi connectivity index (χ3n) is 4.73. The lowest BCUT2D eigenvalue weighted by Gasteiger charge is -2.16. The van der Waals surface area contributed by atoms with Crippen molar-refractivity contribution < 1.29 is 14.8 Å². The monoisotopic (exact) mass is 422 g/mol. The van der Waals surface area contributed by atoms with Crippen molar-refractivity contribution >= 4 is 29.4 Å². The maximum absolute atomic E-state index is 12.3. The Balaban J connectivity index is 1.62. The van der Waals surface area contributed by atoms with E-state index in [2.05, 4.69) is 16.5 Å². The molecule has 1 aliphatic rings. The lowest BCUT2D eigenvalue weighted by atomic mass is 10.0. The number of hydrogen-bond acceptors (Lipinski definition) is 6. The zero-order valence-electron chi connectivity index (χ0n) is 16.8. The molecule has 1 heterocycles. The van der Waals surface area contributed by atoms with Gasteiger partial charge in [-0.2, -0.15) is 5.26 Å². The molecule has 1 saturated heterocycles. The van der Waals surface area contributed by atoms with Crippen molar-refractivity contribution in [2.75, 3.05) is 12.3 Å². The Morgan fingerprint density at radius 1 is 1.20 bits per heavy atom. The molecule has 2 aromatic carbocycles. The van der Waals surface area contributed by atoms with E-state index < -0.39 is 11.6 Å². The van der Waals surface area contributed by atoms with Crippen molar-refractivity contribution in [2.45, 2.75) is 30.7 Å². The van der Waals surface area contributed by atoms with E-state index in [1.165, 1.54) is 11.8 Å². The average Bonchev–Trinajstić information content (AvgIpc) is 2.93. The lowest BCUT2D eigenvalue weighted by molar-refractivity contribution is -0.129. The van der Waals surface area contributed by atoms with E-state index in [9.17, 15) is 14.8 Å². The molecule has 8 heteroatoms. The second-order valence-corrected chi connectivity index (χ2v) is 8.51. The summed E-state index contributed by atoms with van der Waals surface area (Å²) < 4.78 is 0. The maximum Gasteiger partial charge on any atom is 0.325 e. The van der Waals surface area contributed by atoms with Crippen LogP contribution in [0.25, 0.3) is 11.1 Å². The van der Waals surface area contributed by atoms with Crippen LogP contribution in [0.1, 0.15) is 19.4 Å². The van der Waals surface area contributed by atoms with E-state index in [4.69, 9.17) is 5.26 Å². The van der Waals surface area contributed by atoms with Crippen LogP contribution in [0.2, 0.25) is 0 Å². The van der Waals surface area contributed by atoms with Crippen LogP contribution in [0.4, 0.5) is 4.79 Å². The first-order valence-corrected chi connectivity index (χ1v) is 10.4. The fraction of sp³-hybridized carbons (Fsp3) is 0.273. The number of nitrogens with zero attached hydrogens (tertiary/aromatic N) is 3. The van der Waals surface area contributed by atoms with Gasteiger partial charge in [-0.1, -0.05) is 41.6 Å². The fourth-order valence-corrected chi connectivity index (χ4v) is 3.92. The summed E-state index contributed by atoms with van der Waals surface area (Å²) in [6, 6.07) is 17.4. The molecule has 0 spiro atoms. The summed E-state index contributed by atoms with van der Waals surface area (Å²) in [6.45, 7) is 3.21. The highest BCUT2D eigenvalue weighted by atomic mass is 32.2. The quantitative estimate of drug-likeness (QED) is 0.233. The highest BCUT2D eigenvalue weighted by Gasteiger charge is 2.44. The Kier molecular flexibility index (Phi) is 6.43. The summed E-state index contributed by atoms with van der Waals surface area (Å²) in [4.78, 5) is 26.3. The first-order chi connectivity index (χ1) is 14.3. The van der Waals surface area contributed by atoms with Crippen molar-refractivity contribution in [3.63, 3.8) is 0 Å². The van der Waals surface area contributed by atoms with Crippen LogP contribution in [0.5, 0.6) is 0 Å². The maximum atomic E-state index is 12.3. The standard InChI is InChI=1S/C22H22N4O3S/c1-22(2)20(27)26(21(28)24-22)13-18(25-29)14-30-19-8-6-16(7-9-19)17-5-3-4-15(12-17)10-11-23/h3-9,12,29H,10,13-14H2,1-2H3,(H,24,28)/b25-18+. The molecule has 0 saturated carbocycles.